The molecule has 0 aromatic heterocycles. The first-order valence-electron chi connectivity index (χ1n) is 4.41. The zero-order chi connectivity index (χ0) is 9.95. The minimum Gasteiger partial charge on any atom is -0.383 e. The number of nitrogens with one attached hydrogen (secondary N) is 1. The van der Waals surface area contributed by atoms with E-state index in [-0.39, 0.29) is 0 Å². The Bertz CT molecular complexity index is 249. The summed E-state index contributed by atoms with van der Waals surface area (Å²) < 4.78 is 27.5. The minimum atomic E-state index is -3.01. The van der Waals surface area contributed by atoms with E-state index in [1.165, 1.54) is 6.26 Å². The van der Waals surface area contributed by atoms with Crippen LogP contribution in [0.2, 0.25) is 0 Å². The van der Waals surface area contributed by atoms with Crippen LogP contribution in [-0.4, -0.2) is 46.2 Å². The number of hydrogen-bond donors (Lipinski definition) is 1. The zero-order valence-electron chi connectivity index (χ0n) is 8.17. The largest absolute Gasteiger partial charge is 0.383 e. The fraction of sp³-hybridized carbons (Fsp3) is 1.00. The van der Waals surface area contributed by atoms with Gasteiger partial charge in [-0.2, -0.15) is 0 Å². The van der Waals surface area contributed by atoms with Crippen LogP contribution in [-0.2, 0) is 14.6 Å². The van der Waals surface area contributed by atoms with Crippen LogP contribution in [0.4, 0.5) is 0 Å². The maximum atomic E-state index is 11.6. The molecule has 1 aliphatic heterocycles. The third-order valence-corrected chi connectivity index (χ3v) is 4.81. The van der Waals surface area contributed by atoms with Gasteiger partial charge >= 0.3 is 0 Å². The molecule has 0 aromatic carbocycles. The molecule has 0 spiro atoms. The lowest BCUT2D eigenvalue weighted by Gasteiger charge is -2.35. The van der Waals surface area contributed by atoms with E-state index in [1.54, 1.807) is 7.11 Å². The van der Waals surface area contributed by atoms with Crippen molar-refractivity contribution in [2.24, 2.45) is 0 Å². The molecule has 0 radical (unpaired) electrons. The van der Waals surface area contributed by atoms with E-state index >= 15 is 0 Å². The Balaban J connectivity index is 2.86. The van der Waals surface area contributed by atoms with Crippen molar-refractivity contribution in [2.75, 3.05) is 33.1 Å². The van der Waals surface area contributed by atoms with Crippen molar-refractivity contribution in [1.82, 2.24) is 5.32 Å². The minimum absolute atomic E-state index is 0.313. The lowest BCUT2D eigenvalue weighted by Crippen LogP contribution is -2.50. The van der Waals surface area contributed by atoms with Crippen LogP contribution in [0.1, 0.15) is 12.8 Å². The third-order valence-electron chi connectivity index (χ3n) is 2.71. The van der Waals surface area contributed by atoms with Crippen LogP contribution in [0.15, 0.2) is 0 Å². The average Bonchev–Trinajstić information content (AvgIpc) is 2.04. The SMILES string of the molecule is COCC1(S(C)(=O)=O)CCNCC1. The van der Waals surface area contributed by atoms with Crippen molar-refractivity contribution in [3.8, 4) is 0 Å². The number of sulfone groups is 1. The van der Waals surface area contributed by atoms with Crippen molar-refractivity contribution in [3.63, 3.8) is 0 Å². The molecule has 1 heterocycles. The Morgan fingerprint density at radius 1 is 1.38 bits per heavy atom. The zero-order valence-corrected chi connectivity index (χ0v) is 8.99. The standard InChI is InChI=1S/C8H17NO3S/c1-12-7-8(13(2,10)11)3-5-9-6-4-8/h9H,3-7H2,1-2H3. The van der Waals surface area contributed by atoms with Gasteiger partial charge in [0.25, 0.3) is 0 Å². The molecule has 78 valence electrons. The van der Waals surface area contributed by atoms with Gasteiger partial charge in [-0.3, -0.25) is 0 Å². The summed E-state index contributed by atoms with van der Waals surface area (Å²) in [4.78, 5) is 0. The van der Waals surface area contributed by atoms with E-state index in [1.807, 2.05) is 0 Å². The molecular weight excluding hydrogens is 190 g/mol. The highest BCUT2D eigenvalue weighted by Crippen LogP contribution is 2.27. The topological polar surface area (TPSA) is 55.4 Å². The second kappa shape index (κ2) is 3.94. The molecule has 1 N–H and O–H groups in total. The molecule has 0 aliphatic carbocycles. The summed E-state index contributed by atoms with van der Waals surface area (Å²) >= 11 is 0. The van der Waals surface area contributed by atoms with Crippen LogP contribution in [0, 0.1) is 0 Å². The summed E-state index contributed by atoms with van der Waals surface area (Å²) in [6, 6.07) is 0. The number of hydrogen-bond acceptors (Lipinski definition) is 4. The molecule has 1 fully saturated rings. The van der Waals surface area contributed by atoms with E-state index in [4.69, 9.17) is 4.74 Å². The number of methoxy groups -OCH3 is 1. The third kappa shape index (κ3) is 2.21. The molecule has 5 heteroatoms. The molecule has 0 atom stereocenters. The summed E-state index contributed by atoms with van der Waals surface area (Å²) in [7, 11) is -1.46. The van der Waals surface area contributed by atoms with Gasteiger partial charge in [-0.25, -0.2) is 8.42 Å². The van der Waals surface area contributed by atoms with Crippen molar-refractivity contribution < 1.29 is 13.2 Å². The first-order valence-corrected chi connectivity index (χ1v) is 6.30. The highest BCUT2D eigenvalue weighted by Gasteiger charge is 2.41. The van der Waals surface area contributed by atoms with E-state index in [0.717, 1.165) is 13.1 Å². The summed E-state index contributed by atoms with van der Waals surface area (Å²) in [5.74, 6) is 0. The normalized spacial score (nSPS) is 22.9. The van der Waals surface area contributed by atoms with Gasteiger partial charge in [0.15, 0.2) is 9.84 Å². The fourth-order valence-electron chi connectivity index (χ4n) is 1.77. The van der Waals surface area contributed by atoms with Crippen molar-refractivity contribution in [1.29, 1.82) is 0 Å². The summed E-state index contributed by atoms with van der Waals surface area (Å²) in [6.45, 7) is 1.83. The van der Waals surface area contributed by atoms with Gasteiger partial charge in [0.05, 0.1) is 11.4 Å². The Kier molecular flexibility index (Phi) is 3.32. The summed E-state index contributed by atoms with van der Waals surface area (Å²) in [5, 5.41) is 3.15. The molecule has 0 saturated carbocycles. The number of piperidine rings is 1. The van der Waals surface area contributed by atoms with Crippen LogP contribution >= 0.6 is 0 Å². The van der Waals surface area contributed by atoms with Crippen LogP contribution in [0.5, 0.6) is 0 Å². The monoisotopic (exact) mass is 207 g/mol. The molecule has 0 unspecified atom stereocenters. The van der Waals surface area contributed by atoms with Gasteiger partial charge in [0.1, 0.15) is 0 Å². The summed E-state index contributed by atoms with van der Waals surface area (Å²) in [6.07, 6.45) is 2.61. The van der Waals surface area contributed by atoms with E-state index in [0.29, 0.717) is 19.4 Å². The fourth-order valence-corrected chi connectivity index (χ4v) is 3.05. The molecule has 4 nitrogen and oxygen atoms in total. The first-order chi connectivity index (χ1) is 6.02. The van der Waals surface area contributed by atoms with Crippen LogP contribution in [0.3, 0.4) is 0 Å². The Morgan fingerprint density at radius 2 is 1.92 bits per heavy atom. The van der Waals surface area contributed by atoms with Gasteiger partial charge in [-0.1, -0.05) is 0 Å². The van der Waals surface area contributed by atoms with Crippen molar-refractivity contribution in [3.05, 3.63) is 0 Å². The number of ether oxygens (including phenoxy) is 1. The average molecular weight is 207 g/mol. The van der Waals surface area contributed by atoms with Gasteiger partial charge < -0.3 is 10.1 Å². The second-order valence-electron chi connectivity index (χ2n) is 3.64. The predicted molar refractivity (Wildman–Crippen MR) is 51.6 cm³/mol. The van der Waals surface area contributed by atoms with Crippen molar-refractivity contribution in [2.45, 2.75) is 17.6 Å². The lowest BCUT2D eigenvalue weighted by molar-refractivity contribution is 0.147. The van der Waals surface area contributed by atoms with E-state index in [2.05, 4.69) is 5.32 Å². The lowest BCUT2D eigenvalue weighted by atomic mass is 9.98. The number of rotatable bonds is 3. The molecular formula is C8H17NO3S. The quantitative estimate of drug-likeness (QED) is 0.696. The van der Waals surface area contributed by atoms with Gasteiger partial charge in [-0.15, -0.1) is 0 Å². The molecule has 1 saturated heterocycles. The van der Waals surface area contributed by atoms with Crippen LogP contribution < -0.4 is 5.32 Å². The molecule has 1 aliphatic rings. The molecule has 0 amide bonds. The molecule has 0 bridgehead atoms. The van der Waals surface area contributed by atoms with E-state index in [9.17, 15) is 8.42 Å². The Labute approximate surface area is 79.6 Å². The van der Waals surface area contributed by atoms with Gasteiger partial charge in [0.2, 0.25) is 0 Å². The maximum Gasteiger partial charge on any atom is 0.155 e. The predicted octanol–water partition coefficient (Wildman–Crippen LogP) is -0.200. The highest BCUT2D eigenvalue weighted by atomic mass is 32.2. The van der Waals surface area contributed by atoms with Gasteiger partial charge in [-0.05, 0) is 25.9 Å². The highest BCUT2D eigenvalue weighted by molar-refractivity contribution is 7.92. The Hall–Kier alpha value is -0.130. The second-order valence-corrected chi connectivity index (χ2v) is 6.05. The maximum absolute atomic E-state index is 11.6. The first kappa shape index (κ1) is 10.9. The van der Waals surface area contributed by atoms with Gasteiger partial charge in [0, 0.05) is 13.4 Å². The smallest absolute Gasteiger partial charge is 0.155 e. The van der Waals surface area contributed by atoms with Crippen LogP contribution in [0.25, 0.3) is 0 Å². The Morgan fingerprint density at radius 3 is 2.31 bits per heavy atom. The molecule has 0 aromatic rings. The summed E-state index contributed by atoms with van der Waals surface area (Å²) in [5.41, 5.74) is 0. The molecule has 13 heavy (non-hydrogen) atoms. The molecule has 1 rings (SSSR count). The van der Waals surface area contributed by atoms with E-state index < -0.39 is 14.6 Å². The van der Waals surface area contributed by atoms with Crippen molar-refractivity contribution >= 4 is 9.84 Å².